The molecule has 2 heterocycles. The van der Waals surface area contributed by atoms with E-state index in [-0.39, 0.29) is 22.2 Å². The van der Waals surface area contributed by atoms with E-state index in [2.05, 4.69) is 30.2 Å². The summed E-state index contributed by atoms with van der Waals surface area (Å²) in [5.41, 5.74) is 1.87. The average Bonchev–Trinajstić information content (AvgIpc) is 3.25. The van der Waals surface area contributed by atoms with Crippen molar-refractivity contribution < 1.29 is 18.3 Å². The second kappa shape index (κ2) is 9.12. The molecule has 2 aromatic carbocycles. The maximum Gasteiger partial charge on any atom is 0.273 e. The van der Waals surface area contributed by atoms with Gasteiger partial charge in [-0.3, -0.25) is 14.6 Å². The summed E-state index contributed by atoms with van der Waals surface area (Å²) in [5, 5.41) is 19.7. The van der Waals surface area contributed by atoms with Crippen LogP contribution in [-0.4, -0.2) is 39.6 Å². The molecule has 0 spiro atoms. The standard InChI is InChI=1S/C22H19ClN6O4S/c1-12-9-21(25-13(2)24-12)29-34(32,33)16-6-4-15(5-7-16)26-22(31)19-11-18(27-28-19)17-10-14(23)3-8-20(17)30/h3-11,30H,1-2H3,(H,26,31)(H,27,28)(H,24,25,29). The average molecular weight is 499 g/mol. The van der Waals surface area contributed by atoms with Crippen LogP contribution < -0.4 is 10.0 Å². The maximum atomic E-state index is 12.7. The van der Waals surface area contributed by atoms with Gasteiger partial charge in [0.15, 0.2) is 0 Å². The lowest BCUT2D eigenvalue weighted by Gasteiger charge is -2.09. The summed E-state index contributed by atoms with van der Waals surface area (Å²) < 4.78 is 27.8. The van der Waals surface area contributed by atoms with E-state index in [4.69, 9.17) is 11.6 Å². The first-order chi connectivity index (χ1) is 16.1. The van der Waals surface area contributed by atoms with E-state index < -0.39 is 15.9 Å². The maximum absolute atomic E-state index is 12.7. The summed E-state index contributed by atoms with van der Waals surface area (Å²) in [4.78, 5) is 20.8. The summed E-state index contributed by atoms with van der Waals surface area (Å²) in [5.74, 6) is 0.0907. The zero-order valence-electron chi connectivity index (χ0n) is 18.0. The molecule has 10 nitrogen and oxygen atoms in total. The predicted molar refractivity (Wildman–Crippen MR) is 127 cm³/mol. The molecular formula is C22H19ClN6O4S. The van der Waals surface area contributed by atoms with Gasteiger partial charge in [0.25, 0.3) is 15.9 Å². The van der Waals surface area contributed by atoms with E-state index in [1.165, 1.54) is 54.6 Å². The molecule has 2 aromatic heterocycles. The largest absolute Gasteiger partial charge is 0.507 e. The number of aromatic nitrogens is 4. The van der Waals surface area contributed by atoms with Crippen LogP contribution in [0.5, 0.6) is 5.75 Å². The first-order valence-electron chi connectivity index (χ1n) is 9.91. The molecule has 4 rings (SSSR count). The van der Waals surface area contributed by atoms with Crippen molar-refractivity contribution in [2.24, 2.45) is 0 Å². The van der Waals surface area contributed by atoms with E-state index in [1.807, 2.05) is 0 Å². The summed E-state index contributed by atoms with van der Waals surface area (Å²) in [6.45, 7) is 3.41. The number of halogens is 1. The Kier molecular flexibility index (Phi) is 6.22. The number of rotatable bonds is 6. The zero-order valence-corrected chi connectivity index (χ0v) is 19.6. The fourth-order valence-electron chi connectivity index (χ4n) is 3.17. The minimum Gasteiger partial charge on any atom is -0.507 e. The van der Waals surface area contributed by atoms with E-state index in [9.17, 15) is 18.3 Å². The monoisotopic (exact) mass is 498 g/mol. The lowest BCUT2D eigenvalue weighted by molar-refractivity contribution is 0.102. The number of hydrogen-bond acceptors (Lipinski definition) is 7. The number of H-pyrrole nitrogens is 1. The highest BCUT2D eigenvalue weighted by atomic mass is 35.5. The molecule has 34 heavy (non-hydrogen) atoms. The number of sulfonamides is 1. The molecule has 0 aliphatic carbocycles. The van der Waals surface area contributed by atoms with Crippen molar-refractivity contribution in [1.82, 2.24) is 20.2 Å². The molecule has 0 atom stereocenters. The molecule has 0 fully saturated rings. The molecule has 174 valence electrons. The summed E-state index contributed by atoms with van der Waals surface area (Å²) in [7, 11) is -3.88. The third-order valence-electron chi connectivity index (χ3n) is 4.68. The third kappa shape index (κ3) is 5.16. The van der Waals surface area contributed by atoms with Gasteiger partial charge in [0.1, 0.15) is 23.1 Å². The van der Waals surface area contributed by atoms with Gasteiger partial charge in [0.2, 0.25) is 0 Å². The number of hydrogen-bond donors (Lipinski definition) is 4. The van der Waals surface area contributed by atoms with Gasteiger partial charge < -0.3 is 10.4 Å². The van der Waals surface area contributed by atoms with Gasteiger partial charge >= 0.3 is 0 Å². The van der Waals surface area contributed by atoms with E-state index in [0.717, 1.165) is 0 Å². The first-order valence-corrected chi connectivity index (χ1v) is 11.8. The number of nitrogens with zero attached hydrogens (tertiary/aromatic N) is 3. The second-order valence-corrected chi connectivity index (χ2v) is 9.47. The quantitative estimate of drug-likeness (QED) is 0.315. The molecule has 0 saturated heterocycles. The highest BCUT2D eigenvalue weighted by Crippen LogP contribution is 2.30. The Morgan fingerprint density at radius 3 is 2.47 bits per heavy atom. The van der Waals surface area contributed by atoms with Crippen LogP contribution in [0.1, 0.15) is 22.0 Å². The summed E-state index contributed by atoms with van der Waals surface area (Å²) >= 11 is 5.97. The number of benzene rings is 2. The highest BCUT2D eigenvalue weighted by molar-refractivity contribution is 7.92. The number of phenolic OH excluding ortho intramolecular Hbond substituents is 1. The van der Waals surface area contributed by atoms with Crippen molar-refractivity contribution in [2.75, 3.05) is 10.0 Å². The Balaban J connectivity index is 1.47. The van der Waals surface area contributed by atoms with Crippen LogP contribution in [0.25, 0.3) is 11.3 Å². The molecule has 1 amide bonds. The van der Waals surface area contributed by atoms with Crippen LogP contribution in [0.4, 0.5) is 11.5 Å². The van der Waals surface area contributed by atoms with Gasteiger partial charge in [0, 0.05) is 28.0 Å². The lowest BCUT2D eigenvalue weighted by atomic mass is 10.1. The molecular weight excluding hydrogens is 480 g/mol. The van der Waals surface area contributed by atoms with Gasteiger partial charge in [-0.25, -0.2) is 18.4 Å². The normalized spacial score (nSPS) is 11.3. The Morgan fingerprint density at radius 1 is 1.03 bits per heavy atom. The number of amides is 1. The second-order valence-electron chi connectivity index (χ2n) is 7.35. The van der Waals surface area contributed by atoms with Gasteiger partial charge in [-0.2, -0.15) is 5.10 Å². The fourth-order valence-corrected chi connectivity index (χ4v) is 4.34. The number of nitrogens with one attached hydrogen (secondary N) is 3. The smallest absolute Gasteiger partial charge is 0.273 e. The molecule has 0 aliphatic rings. The number of carbonyl (C=O) groups is 1. The van der Waals surface area contributed by atoms with E-state index in [1.54, 1.807) is 13.8 Å². The lowest BCUT2D eigenvalue weighted by Crippen LogP contribution is -2.15. The SMILES string of the molecule is Cc1cc(NS(=O)(=O)c2ccc(NC(=O)c3cc(-c4cc(Cl)ccc4O)n[nH]3)cc2)nc(C)n1. The number of phenols is 1. The number of carbonyl (C=O) groups excluding carboxylic acids is 1. The van der Waals surface area contributed by atoms with Crippen molar-refractivity contribution >= 4 is 39.0 Å². The number of anilines is 2. The first kappa shape index (κ1) is 23.2. The minimum absolute atomic E-state index is 0.000301. The molecule has 4 N–H and O–H groups in total. The molecule has 0 unspecified atom stereocenters. The van der Waals surface area contributed by atoms with Crippen LogP contribution >= 0.6 is 11.6 Å². The van der Waals surface area contributed by atoms with Crippen LogP contribution in [-0.2, 0) is 10.0 Å². The highest BCUT2D eigenvalue weighted by Gasteiger charge is 2.17. The van der Waals surface area contributed by atoms with Crippen molar-refractivity contribution in [3.05, 3.63) is 76.8 Å². The van der Waals surface area contributed by atoms with E-state index >= 15 is 0 Å². The minimum atomic E-state index is -3.88. The van der Waals surface area contributed by atoms with Crippen molar-refractivity contribution in [3.63, 3.8) is 0 Å². The molecule has 0 saturated carbocycles. The van der Waals surface area contributed by atoms with Gasteiger partial charge in [-0.15, -0.1) is 0 Å². The molecule has 0 bridgehead atoms. The topological polar surface area (TPSA) is 150 Å². The van der Waals surface area contributed by atoms with Crippen LogP contribution in [0.15, 0.2) is 59.5 Å². The van der Waals surface area contributed by atoms with Crippen LogP contribution in [0, 0.1) is 13.8 Å². The molecule has 4 aromatic rings. The van der Waals surface area contributed by atoms with Gasteiger partial charge in [-0.05, 0) is 62.4 Å². The Bertz CT molecular complexity index is 1470. The van der Waals surface area contributed by atoms with Crippen molar-refractivity contribution in [3.8, 4) is 17.0 Å². The molecule has 12 heteroatoms. The van der Waals surface area contributed by atoms with E-state index in [0.29, 0.717) is 33.5 Å². The Labute approximate surface area is 200 Å². The summed E-state index contributed by atoms with van der Waals surface area (Å²) in [6.07, 6.45) is 0. The van der Waals surface area contributed by atoms with Gasteiger partial charge in [0.05, 0.1) is 10.6 Å². The fraction of sp³-hybridized carbons (Fsp3) is 0.0909. The van der Waals surface area contributed by atoms with Crippen molar-refractivity contribution in [1.29, 1.82) is 0 Å². The summed E-state index contributed by atoms with van der Waals surface area (Å²) in [6, 6.07) is 13.1. The number of aromatic amines is 1. The third-order valence-corrected chi connectivity index (χ3v) is 6.29. The predicted octanol–water partition coefficient (Wildman–Crippen LogP) is 3.90. The zero-order chi connectivity index (χ0) is 24.5. The van der Waals surface area contributed by atoms with Gasteiger partial charge in [-0.1, -0.05) is 11.6 Å². The molecule has 0 radical (unpaired) electrons. The number of aromatic hydroxyl groups is 1. The molecule has 0 aliphatic heterocycles. The Morgan fingerprint density at radius 2 is 1.76 bits per heavy atom. The van der Waals surface area contributed by atoms with Crippen LogP contribution in [0.3, 0.4) is 0 Å². The number of aryl methyl sites for hydroxylation is 2. The van der Waals surface area contributed by atoms with Crippen LogP contribution in [0.2, 0.25) is 5.02 Å². The Hall–Kier alpha value is -3.96. The van der Waals surface area contributed by atoms with Crippen molar-refractivity contribution in [2.45, 2.75) is 18.7 Å².